The molecule has 1 aromatic carbocycles. The Hall–Kier alpha value is -1.44. The second-order valence-electron chi connectivity index (χ2n) is 4.23. The first kappa shape index (κ1) is 15.0. The molecule has 0 amide bonds. The van der Waals surface area contributed by atoms with E-state index in [0.29, 0.717) is 6.54 Å². The first-order valence-corrected chi connectivity index (χ1v) is 8.26. The van der Waals surface area contributed by atoms with Crippen LogP contribution in [0.4, 0.5) is 5.82 Å². The number of halogens is 1. The summed E-state index contributed by atoms with van der Waals surface area (Å²) in [6, 6.07) is 10.3. The van der Waals surface area contributed by atoms with E-state index in [1.165, 1.54) is 12.1 Å². The molecule has 1 aromatic heterocycles. The van der Waals surface area contributed by atoms with Crippen LogP contribution in [0, 0.1) is 0 Å². The van der Waals surface area contributed by atoms with Crippen LogP contribution in [0.3, 0.4) is 0 Å². The molecule has 0 aliphatic carbocycles. The maximum absolute atomic E-state index is 11.1. The highest BCUT2D eigenvalue weighted by molar-refractivity contribution is 9.10. The van der Waals surface area contributed by atoms with Crippen LogP contribution >= 0.6 is 15.9 Å². The molecule has 5 nitrogen and oxygen atoms in total. The van der Waals surface area contributed by atoms with E-state index in [0.717, 1.165) is 22.3 Å². The predicted octanol–water partition coefficient (Wildman–Crippen LogP) is 2.15. The van der Waals surface area contributed by atoms with Crippen LogP contribution in [0.25, 0.3) is 0 Å². The SMILES string of the molecule is NS(=O)(=O)c1ccc(CCNc2ccc(Br)cn2)cc1. The van der Waals surface area contributed by atoms with Gasteiger partial charge in [-0.15, -0.1) is 0 Å². The third-order valence-electron chi connectivity index (χ3n) is 2.70. The number of sulfonamides is 1. The molecule has 0 atom stereocenters. The van der Waals surface area contributed by atoms with E-state index in [1.807, 2.05) is 12.1 Å². The second kappa shape index (κ2) is 6.34. The highest BCUT2D eigenvalue weighted by Crippen LogP contribution is 2.12. The summed E-state index contributed by atoms with van der Waals surface area (Å²) >= 11 is 3.32. The zero-order chi connectivity index (χ0) is 14.6. The number of anilines is 1. The number of pyridine rings is 1. The van der Waals surface area contributed by atoms with E-state index in [9.17, 15) is 8.42 Å². The summed E-state index contributed by atoms with van der Waals surface area (Å²) in [5.41, 5.74) is 1.03. The first-order chi connectivity index (χ1) is 9.45. The van der Waals surface area contributed by atoms with Crippen molar-refractivity contribution in [2.45, 2.75) is 11.3 Å². The number of nitrogens with zero attached hydrogens (tertiary/aromatic N) is 1. The lowest BCUT2D eigenvalue weighted by Crippen LogP contribution is -2.12. The maximum Gasteiger partial charge on any atom is 0.238 e. The summed E-state index contributed by atoms with van der Waals surface area (Å²) in [7, 11) is -3.62. The molecular weight excluding hydrogens is 342 g/mol. The zero-order valence-corrected chi connectivity index (χ0v) is 13.0. The van der Waals surface area contributed by atoms with Gasteiger partial charge in [0.05, 0.1) is 4.90 Å². The van der Waals surface area contributed by atoms with Crippen molar-refractivity contribution in [1.29, 1.82) is 0 Å². The van der Waals surface area contributed by atoms with E-state index in [4.69, 9.17) is 5.14 Å². The highest BCUT2D eigenvalue weighted by atomic mass is 79.9. The Balaban J connectivity index is 1.90. The van der Waals surface area contributed by atoms with Crippen molar-refractivity contribution in [2.75, 3.05) is 11.9 Å². The van der Waals surface area contributed by atoms with Crippen molar-refractivity contribution in [1.82, 2.24) is 4.98 Å². The van der Waals surface area contributed by atoms with E-state index in [-0.39, 0.29) is 4.90 Å². The number of nitrogens with two attached hydrogens (primary N) is 1. The Morgan fingerprint density at radius 3 is 2.40 bits per heavy atom. The topological polar surface area (TPSA) is 85.1 Å². The van der Waals surface area contributed by atoms with Crippen molar-refractivity contribution in [3.05, 3.63) is 52.6 Å². The molecule has 0 radical (unpaired) electrons. The molecule has 0 saturated heterocycles. The molecule has 7 heteroatoms. The summed E-state index contributed by atoms with van der Waals surface area (Å²) in [6.45, 7) is 0.712. The minimum Gasteiger partial charge on any atom is -0.370 e. The van der Waals surface area contributed by atoms with Crippen molar-refractivity contribution in [2.24, 2.45) is 5.14 Å². The number of hydrogen-bond acceptors (Lipinski definition) is 4. The van der Waals surface area contributed by atoms with Crippen LogP contribution in [0.2, 0.25) is 0 Å². The molecule has 106 valence electrons. The van der Waals surface area contributed by atoms with Gasteiger partial charge in [0.2, 0.25) is 10.0 Å². The van der Waals surface area contributed by atoms with Gasteiger partial charge in [-0.1, -0.05) is 12.1 Å². The predicted molar refractivity (Wildman–Crippen MR) is 81.9 cm³/mol. The zero-order valence-electron chi connectivity index (χ0n) is 10.6. The van der Waals surface area contributed by atoms with Gasteiger partial charge in [-0.05, 0) is 52.2 Å². The normalized spacial score (nSPS) is 11.3. The van der Waals surface area contributed by atoms with Crippen molar-refractivity contribution in [3.8, 4) is 0 Å². The number of benzene rings is 1. The molecule has 2 aromatic rings. The molecule has 0 saturated carbocycles. The average molecular weight is 356 g/mol. The van der Waals surface area contributed by atoms with Crippen LogP contribution in [0.1, 0.15) is 5.56 Å². The molecule has 1 heterocycles. The van der Waals surface area contributed by atoms with Crippen LogP contribution in [0.15, 0.2) is 52.0 Å². The fourth-order valence-corrected chi connectivity index (χ4v) is 2.41. The molecule has 2 rings (SSSR count). The maximum atomic E-state index is 11.1. The number of rotatable bonds is 5. The first-order valence-electron chi connectivity index (χ1n) is 5.92. The van der Waals surface area contributed by atoms with Crippen LogP contribution in [-0.4, -0.2) is 19.9 Å². The third-order valence-corrected chi connectivity index (χ3v) is 4.10. The second-order valence-corrected chi connectivity index (χ2v) is 6.70. The molecule has 20 heavy (non-hydrogen) atoms. The summed E-state index contributed by atoms with van der Waals surface area (Å²) in [5, 5.41) is 8.23. The Morgan fingerprint density at radius 1 is 1.15 bits per heavy atom. The quantitative estimate of drug-likeness (QED) is 0.860. The molecule has 3 N–H and O–H groups in total. The standard InChI is InChI=1S/C13H14BrN3O2S/c14-11-3-6-13(17-9-11)16-8-7-10-1-4-12(5-2-10)20(15,18)19/h1-6,9H,7-8H2,(H,16,17)(H2,15,18,19). The molecule has 0 aliphatic rings. The van der Waals surface area contributed by atoms with Gasteiger partial charge in [0.25, 0.3) is 0 Å². The van der Waals surface area contributed by atoms with Gasteiger partial charge in [0, 0.05) is 17.2 Å². The van der Waals surface area contributed by atoms with E-state index in [1.54, 1.807) is 18.3 Å². The van der Waals surface area contributed by atoms with Crippen LogP contribution < -0.4 is 10.5 Å². The van der Waals surface area contributed by atoms with E-state index in [2.05, 4.69) is 26.2 Å². The molecule has 0 aliphatic heterocycles. The van der Waals surface area contributed by atoms with Gasteiger partial charge in [-0.2, -0.15) is 0 Å². The molecule has 0 bridgehead atoms. The monoisotopic (exact) mass is 355 g/mol. The van der Waals surface area contributed by atoms with Gasteiger partial charge in [-0.3, -0.25) is 0 Å². The van der Waals surface area contributed by atoms with Gasteiger partial charge >= 0.3 is 0 Å². The molecular formula is C13H14BrN3O2S. The lowest BCUT2D eigenvalue weighted by molar-refractivity contribution is 0.598. The van der Waals surface area contributed by atoms with Crippen molar-refractivity contribution in [3.63, 3.8) is 0 Å². The van der Waals surface area contributed by atoms with E-state index >= 15 is 0 Å². The number of primary sulfonamides is 1. The molecule has 0 fully saturated rings. The fraction of sp³-hybridized carbons (Fsp3) is 0.154. The molecule has 0 spiro atoms. The summed E-state index contributed by atoms with van der Waals surface area (Å²) in [4.78, 5) is 4.33. The Bertz CT molecular complexity index is 670. The summed E-state index contributed by atoms with van der Waals surface area (Å²) in [6.07, 6.45) is 2.49. The minimum absolute atomic E-state index is 0.129. The van der Waals surface area contributed by atoms with Gasteiger partial charge < -0.3 is 5.32 Å². The largest absolute Gasteiger partial charge is 0.370 e. The highest BCUT2D eigenvalue weighted by Gasteiger charge is 2.06. The van der Waals surface area contributed by atoms with E-state index < -0.39 is 10.0 Å². The molecule has 0 unspecified atom stereocenters. The Kier molecular flexibility index (Phi) is 4.74. The van der Waals surface area contributed by atoms with Gasteiger partial charge in [0.1, 0.15) is 5.82 Å². The van der Waals surface area contributed by atoms with Crippen molar-refractivity contribution < 1.29 is 8.42 Å². The lowest BCUT2D eigenvalue weighted by atomic mass is 10.1. The Morgan fingerprint density at radius 2 is 1.85 bits per heavy atom. The summed E-state index contributed by atoms with van der Waals surface area (Å²) < 4.78 is 23.2. The fourth-order valence-electron chi connectivity index (χ4n) is 1.66. The van der Waals surface area contributed by atoms with Gasteiger partial charge in [-0.25, -0.2) is 18.5 Å². The van der Waals surface area contributed by atoms with Crippen LogP contribution in [0.5, 0.6) is 0 Å². The number of nitrogens with one attached hydrogen (secondary N) is 1. The Labute approximate surface area is 126 Å². The van der Waals surface area contributed by atoms with Gasteiger partial charge in [0.15, 0.2) is 0 Å². The average Bonchev–Trinajstić information content (AvgIpc) is 2.41. The minimum atomic E-state index is -3.62. The summed E-state index contributed by atoms with van der Waals surface area (Å²) in [5.74, 6) is 0.800. The number of hydrogen-bond donors (Lipinski definition) is 2. The third kappa shape index (κ3) is 4.29. The smallest absolute Gasteiger partial charge is 0.238 e. The number of aromatic nitrogens is 1. The van der Waals surface area contributed by atoms with Crippen molar-refractivity contribution >= 4 is 31.8 Å². The lowest BCUT2D eigenvalue weighted by Gasteiger charge is -2.06. The van der Waals surface area contributed by atoms with Crippen LogP contribution in [-0.2, 0) is 16.4 Å².